The number of nitrogens with zero attached hydrogens (tertiary/aromatic N) is 1. The van der Waals surface area contributed by atoms with E-state index in [1.807, 2.05) is 13.0 Å². The van der Waals surface area contributed by atoms with Crippen LogP contribution in [0, 0.1) is 18.3 Å². The lowest BCUT2D eigenvalue weighted by Crippen LogP contribution is -2.34. The van der Waals surface area contributed by atoms with Gasteiger partial charge in [0, 0.05) is 5.56 Å². The first-order valence-electron chi connectivity index (χ1n) is 6.28. The number of benzene rings is 2. The predicted octanol–water partition coefficient (Wildman–Crippen LogP) is 2.83. The Morgan fingerprint density at radius 3 is 2.48 bits per heavy atom. The average Bonchev–Trinajstić information content (AvgIpc) is 2.49. The van der Waals surface area contributed by atoms with Crippen LogP contribution in [-0.4, -0.2) is 11.9 Å². The zero-order valence-corrected chi connectivity index (χ0v) is 11.4. The smallest absolute Gasteiger partial charge is 0.306 e. The minimum Gasteiger partial charge on any atom is -0.306 e. The first-order chi connectivity index (χ1) is 10.1. The van der Waals surface area contributed by atoms with Crippen molar-refractivity contribution in [2.45, 2.75) is 6.92 Å². The number of hydrogen-bond donors (Lipinski definition) is 2. The van der Waals surface area contributed by atoms with Crippen molar-refractivity contribution in [1.29, 1.82) is 5.26 Å². The lowest BCUT2D eigenvalue weighted by atomic mass is 10.1. The standard InChI is InChI=1S/C16H13N3O2/c1-11-7-8-14(13(9-11)10-17)18-16(21)19-15(20)12-5-3-2-4-6-12/h2-9H,1H3,(H2,18,19,20,21). The van der Waals surface area contributed by atoms with E-state index < -0.39 is 11.9 Å². The number of nitriles is 1. The van der Waals surface area contributed by atoms with Crippen LogP contribution in [0.3, 0.4) is 0 Å². The largest absolute Gasteiger partial charge is 0.326 e. The molecule has 0 aliphatic rings. The number of carbonyl (C=O) groups excluding carboxylic acids is 2. The lowest BCUT2D eigenvalue weighted by molar-refractivity contribution is 0.0967. The summed E-state index contributed by atoms with van der Waals surface area (Å²) in [5.74, 6) is -0.501. The van der Waals surface area contributed by atoms with E-state index in [4.69, 9.17) is 5.26 Å². The van der Waals surface area contributed by atoms with E-state index in [9.17, 15) is 9.59 Å². The van der Waals surface area contributed by atoms with Crippen molar-refractivity contribution in [3.63, 3.8) is 0 Å². The summed E-state index contributed by atoms with van der Waals surface area (Å²) in [6.45, 7) is 1.85. The highest BCUT2D eigenvalue weighted by atomic mass is 16.2. The average molecular weight is 279 g/mol. The van der Waals surface area contributed by atoms with E-state index >= 15 is 0 Å². The molecule has 2 N–H and O–H groups in total. The van der Waals surface area contributed by atoms with Crippen molar-refractivity contribution < 1.29 is 9.59 Å². The molecule has 0 saturated heterocycles. The Morgan fingerprint density at radius 2 is 1.81 bits per heavy atom. The summed E-state index contributed by atoms with van der Waals surface area (Å²) in [4.78, 5) is 23.6. The number of imide groups is 1. The maximum Gasteiger partial charge on any atom is 0.326 e. The summed E-state index contributed by atoms with van der Waals surface area (Å²) in [5, 5.41) is 13.7. The van der Waals surface area contributed by atoms with Crippen molar-refractivity contribution in [3.8, 4) is 6.07 Å². The van der Waals surface area contributed by atoms with Gasteiger partial charge in [-0.3, -0.25) is 10.1 Å². The maximum absolute atomic E-state index is 11.8. The quantitative estimate of drug-likeness (QED) is 0.886. The topological polar surface area (TPSA) is 82.0 Å². The third kappa shape index (κ3) is 3.67. The predicted molar refractivity (Wildman–Crippen MR) is 78.8 cm³/mol. The van der Waals surface area contributed by atoms with Gasteiger partial charge in [-0.25, -0.2) is 4.79 Å². The van der Waals surface area contributed by atoms with Crippen LogP contribution < -0.4 is 10.6 Å². The van der Waals surface area contributed by atoms with Crippen molar-refractivity contribution in [1.82, 2.24) is 5.32 Å². The maximum atomic E-state index is 11.8. The number of aryl methyl sites for hydroxylation is 1. The van der Waals surface area contributed by atoms with Gasteiger partial charge in [-0.15, -0.1) is 0 Å². The zero-order valence-electron chi connectivity index (χ0n) is 11.4. The Labute approximate surface area is 122 Å². The van der Waals surface area contributed by atoms with Gasteiger partial charge in [-0.1, -0.05) is 24.3 Å². The molecule has 0 saturated carbocycles. The molecule has 21 heavy (non-hydrogen) atoms. The molecule has 0 aliphatic carbocycles. The Kier molecular flexibility index (Phi) is 4.32. The van der Waals surface area contributed by atoms with E-state index in [2.05, 4.69) is 10.6 Å². The highest BCUT2D eigenvalue weighted by Crippen LogP contribution is 2.16. The van der Waals surface area contributed by atoms with Crippen LogP contribution in [0.15, 0.2) is 48.5 Å². The van der Waals surface area contributed by atoms with Crippen molar-refractivity contribution in [2.24, 2.45) is 0 Å². The molecule has 0 bridgehead atoms. The summed E-state index contributed by atoms with van der Waals surface area (Å²) < 4.78 is 0. The molecule has 104 valence electrons. The summed E-state index contributed by atoms with van der Waals surface area (Å²) in [7, 11) is 0. The highest BCUT2D eigenvalue weighted by molar-refractivity contribution is 6.08. The van der Waals surface area contributed by atoms with Crippen LogP contribution in [0.4, 0.5) is 10.5 Å². The normalized spacial score (nSPS) is 9.52. The number of urea groups is 1. The molecular weight excluding hydrogens is 266 g/mol. The van der Waals surface area contributed by atoms with Gasteiger partial charge in [0.1, 0.15) is 6.07 Å². The van der Waals surface area contributed by atoms with Crippen molar-refractivity contribution in [2.75, 3.05) is 5.32 Å². The van der Waals surface area contributed by atoms with E-state index in [1.54, 1.807) is 48.5 Å². The van der Waals surface area contributed by atoms with Gasteiger partial charge in [0.15, 0.2) is 0 Å². The lowest BCUT2D eigenvalue weighted by Gasteiger charge is -2.08. The number of rotatable bonds is 2. The van der Waals surface area contributed by atoms with Gasteiger partial charge in [0.2, 0.25) is 0 Å². The van der Waals surface area contributed by atoms with E-state index in [1.165, 1.54) is 0 Å². The second-order valence-corrected chi connectivity index (χ2v) is 4.44. The van der Waals surface area contributed by atoms with Crippen LogP contribution in [0.25, 0.3) is 0 Å². The summed E-state index contributed by atoms with van der Waals surface area (Å²) in [6.07, 6.45) is 0. The molecule has 3 amide bonds. The van der Waals surface area contributed by atoms with E-state index in [-0.39, 0.29) is 0 Å². The first-order valence-corrected chi connectivity index (χ1v) is 6.28. The van der Waals surface area contributed by atoms with Gasteiger partial charge in [-0.05, 0) is 36.8 Å². The monoisotopic (exact) mass is 279 g/mol. The molecule has 2 aromatic rings. The van der Waals surface area contributed by atoms with Crippen molar-refractivity contribution in [3.05, 3.63) is 65.2 Å². The number of carbonyl (C=O) groups is 2. The van der Waals surface area contributed by atoms with Gasteiger partial charge in [0.25, 0.3) is 5.91 Å². The van der Waals surface area contributed by atoms with E-state index in [0.717, 1.165) is 5.56 Å². The fourth-order valence-electron chi connectivity index (χ4n) is 1.78. The molecule has 0 fully saturated rings. The van der Waals surface area contributed by atoms with Crippen LogP contribution in [0.1, 0.15) is 21.5 Å². The van der Waals surface area contributed by atoms with Crippen LogP contribution in [0.2, 0.25) is 0 Å². The Bertz CT molecular complexity index is 718. The fraction of sp³-hybridized carbons (Fsp3) is 0.0625. The SMILES string of the molecule is Cc1ccc(NC(=O)NC(=O)c2ccccc2)c(C#N)c1. The van der Waals surface area contributed by atoms with Gasteiger partial charge >= 0.3 is 6.03 Å². The van der Waals surface area contributed by atoms with Gasteiger partial charge in [0.05, 0.1) is 11.3 Å². The molecule has 5 heteroatoms. The third-order valence-electron chi connectivity index (χ3n) is 2.81. The second kappa shape index (κ2) is 6.35. The Balaban J connectivity index is 2.06. The van der Waals surface area contributed by atoms with Gasteiger partial charge in [-0.2, -0.15) is 5.26 Å². The van der Waals surface area contributed by atoms with Crippen molar-refractivity contribution >= 4 is 17.6 Å². The first kappa shape index (κ1) is 14.3. The number of anilines is 1. The Morgan fingerprint density at radius 1 is 1.10 bits per heavy atom. The van der Waals surface area contributed by atoms with Crippen LogP contribution in [-0.2, 0) is 0 Å². The number of nitrogens with one attached hydrogen (secondary N) is 2. The molecule has 0 aliphatic heterocycles. The molecule has 0 unspecified atom stereocenters. The van der Waals surface area contributed by atoms with Gasteiger partial charge < -0.3 is 5.32 Å². The third-order valence-corrected chi connectivity index (χ3v) is 2.81. The van der Waals surface area contributed by atoms with Crippen LogP contribution in [0.5, 0.6) is 0 Å². The zero-order chi connectivity index (χ0) is 15.2. The molecule has 5 nitrogen and oxygen atoms in total. The molecule has 0 radical (unpaired) electrons. The summed E-state index contributed by atoms with van der Waals surface area (Å²) in [6, 6.07) is 14.8. The van der Waals surface area contributed by atoms with Crippen LogP contribution >= 0.6 is 0 Å². The fourth-order valence-corrected chi connectivity index (χ4v) is 1.78. The van der Waals surface area contributed by atoms with E-state index in [0.29, 0.717) is 16.8 Å². The minimum atomic E-state index is -0.677. The second-order valence-electron chi connectivity index (χ2n) is 4.44. The molecule has 0 aromatic heterocycles. The molecule has 2 rings (SSSR count). The number of hydrogen-bond acceptors (Lipinski definition) is 3. The molecule has 0 spiro atoms. The minimum absolute atomic E-state index is 0.345. The molecule has 0 heterocycles. The molecular formula is C16H13N3O2. The Hall–Kier alpha value is -3.13. The summed E-state index contributed by atoms with van der Waals surface area (Å²) >= 11 is 0. The molecule has 0 atom stereocenters. The summed E-state index contributed by atoms with van der Waals surface area (Å²) in [5.41, 5.74) is 2.01. The number of amides is 3. The molecule has 2 aromatic carbocycles. The highest BCUT2D eigenvalue weighted by Gasteiger charge is 2.11.